The molecule has 0 aromatic carbocycles. The van der Waals surface area contributed by atoms with Crippen LogP contribution in [0.15, 0.2) is 6.20 Å². The highest BCUT2D eigenvalue weighted by Gasteiger charge is 2.20. The van der Waals surface area contributed by atoms with Crippen molar-refractivity contribution in [3.63, 3.8) is 0 Å². The van der Waals surface area contributed by atoms with Crippen LogP contribution in [0.5, 0.6) is 0 Å². The van der Waals surface area contributed by atoms with Gasteiger partial charge < -0.3 is 20.8 Å². The minimum atomic E-state index is -1.63. The maximum Gasteiger partial charge on any atom is 0.334 e. The molecule has 1 aromatic rings. The number of carbonyl (C=O) groups is 2. The number of hydrogen-bond acceptors (Lipinski definition) is 6. The maximum absolute atomic E-state index is 11.7. The van der Waals surface area contributed by atoms with E-state index in [1.165, 1.54) is 0 Å². The first-order valence-electron chi connectivity index (χ1n) is 6.39. The van der Waals surface area contributed by atoms with Crippen molar-refractivity contribution >= 4 is 11.9 Å². The summed E-state index contributed by atoms with van der Waals surface area (Å²) in [7, 11) is 0. The molecular formula is C11H17N5O4. The molecule has 1 aliphatic heterocycles. The van der Waals surface area contributed by atoms with E-state index in [2.05, 4.69) is 20.9 Å². The van der Waals surface area contributed by atoms with E-state index < -0.39 is 18.0 Å². The van der Waals surface area contributed by atoms with E-state index in [1.807, 2.05) is 0 Å². The summed E-state index contributed by atoms with van der Waals surface area (Å²) in [6, 6.07) is 0.218. The van der Waals surface area contributed by atoms with Gasteiger partial charge in [-0.15, -0.1) is 5.10 Å². The van der Waals surface area contributed by atoms with Crippen LogP contribution in [0, 0.1) is 0 Å². The van der Waals surface area contributed by atoms with Gasteiger partial charge in [-0.2, -0.15) is 0 Å². The van der Waals surface area contributed by atoms with Crippen molar-refractivity contribution in [3.8, 4) is 0 Å². The number of amides is 1. The first-order chi connectivity index (χ1) is 9.58. The summed E-state index contributed by atoms with van der Waals surface area (Å²) in [6.07, 6.45) is 1.75. The first-order valence-corrected chi connectivity index (χ1v) is 6.39. The lowest BCUT2D eigenvalue weighted by Gasteiger charge is -2.22. The number of aliphatic hydroxyl groups excluding tert-OH is 1. The van der Waals surface area contributed by atoms with Gasteiger partial charge in [0, 0.05) is 0 Å². The molecule has 0 spiro atoms. The molecule has 20 heavy (non-hydrogen) atoms. The molecule has 0 unspecified atom stereocenters. The molecule has 9 heteroatoms. The summed E-state index contributed by atoms with van der Waals surface area (Å²) < 4.78 is 1.66. The molecule has 1 fully saturated rings. The highest BCUT2D eigenvalue weighted by atomic mass is 16.4. The minimum absolute atomic E-state index is 0.112. The van der Waals surface area contributed by atoms with Gasteiger partial charge in [0.2, 0.25) is 0 Å². The topological polar surface area (TPSA) is 129 Å². The Kier molecular flexibility index (Phi) is 4.64. The normalized spacial score (nSPS) is 17.6. The molecule has 0 saturated carbocycles. The Balaban J connectivity index is 1.90. The van der Waals surface area contributed by atoms with Crippen molar-refractivity contribution in [2.45, 2.75) is 25.0 Å². The molecule has 1 atom stereocenters. The van der Waals surface area contributed by atoms with Crippen LogP contribution >= 0.6 is 0 Å². The predicted octanol–water partition coefficient (Wildman–Crippen LogP) is -1.62. The lowest BCUT2D eigenvalue weighted by molar-refractivity contribution is -0.146. The number of aliphatic carboxylic acids is 1. The summed E-state index contributed by atoms with van der Waals surface area (Å²) >= 11 is 0. The molecule has 1 aliphatic rings. The number of carboxylic acid groups (broad SMARTS) is 1. The highest BCUT2D eigenvalue weighted by Crippen LogP contribution is 2.16. The average molecular weight is 283 g/mol. The number of nitrogens with zero attached hydrogens (tertiary/aromatic N) is 3. The fourth-order valence-electron chi connectivity index (χ4n) is 2.00. The summed E-state index contributed by atoms with van der Waals surface area (Å²) in [4.78, 5) is 22.1. The molecule has 1 saturated heterocycles. The van der Waals surface area contributed by atoms with Gasteiger partial charge in [-0.3, -0.25) is 4.79 Å². The first kappa shape index (κ1) is 14.4. The van der Waals surface area contributed by atoms with Crippen molar-refractivity contribution in [2.24, 2.45) is 0 Å². The quantitative estimate of drug-likeness (QED) is 0.511. The molecule has 2 heterocycles. The highest BCUT2D eigenvalue weighted by molar-refractivity contribution is 5.92. The second kappa shape index (κ2) is 6.44. The zero-order valence-electron chi connectivity index (χ0n) is 10.8. The average Bonchev–Trinajstić information content (AvgIpc) is 2.95. The fraction of sp³-hybridized carbons (Fsp3) is 0.636. The van der Waals surface area contributed by atoms with E-state index in [0.29, 0.717) is 0 Å². The van der Waals surface area contributed by atoms with E-state index in [-0.39, 0.29) is 18.3 Å². The molecular weight excluding hydrogens is 266 g/mol. The van der Waals surface area contributed by atoms with Crippen LogP contribution in [-0.4, -0.2) is 62.8 Å². The van der Waals surface area contributed by atoms with Gasteiger partial charge in [0.1, 0.15) is 0 Å². The number of hydrogen-bond donors (Lipinski definition) is 4. The lowest BCUT2D eigenvalue weighted by atomic mass is 10.1. The molecule has 2 rings (SSSR count). The van der Waals surface area contributed by atoms with Crippen LogP contribution in [0.3, 0.4) is 0 Å². The Labute approximate surface area is 115 Å². The number of aromatic nitrogens is 3. The standard InChI is InChI=1S/C11H17N5O4/c17-9(11(19)20)5-13-10(18)8-6-16(15-14-8)7-1-3-12-4-2-7/h6-7,9,12,17H,1-5H2,(H,13,18)(H,19,20)/t9-/m0/s1. The molecule has 0 bridgehead atoms. The van der Waals surface area contributed by atoms with Gasteiger partial charge in [-0.05, 0) is 25.9 Å². The molecule has 0 aliphatic carbocycles. The van der Waals surface area contributed by atoms with Crippen molar-refractivity contribution in [1.29, 1.82) is 0 Å². The van der Waals surface area contributed by atoms with Crippen LogP contribution in [0.2, 0.25) is 0 Å². The Morgan fingerprint density at radius 1 is 1.50 bits per heavy atom. The zero-order valence-corrected chi connectivity index (χ0v) is 10.8. The second-order valence-corrected chi connectivity index (χ2v) is 4.63. The third-order valence-electron chi connectivity index (χ3n) is 3.17. The molecule has 1 amide bonds. The number of carbonyl (C=O) groups excluding carboxylic acids is 1. The zero-order chi connectivity index (χ0) is 14.5. The van der Waals surface area contributed by atoms with Gasteiger partial charge in [-0.25, -0.2) is 9.48 Å². The monoisotopic (exact) mass is 283 g/mol. The predicted molar refractivity (Wildman–Crippen MR) is 67.1 cm³/mol. The summed E-state index contributed by atoms with van der Waals surface area (Å²) in [5.74, 6) is -1.94. The summed E-state index contributed by atoms with van der Waals surface area (Å²) in [5, 5.41) is 30.8. The number of aliphatic hydroxyl groups is 1. The number of piperidine rings is 1. The Hall–Kier alpha value is -2.00. The van der Waals surface area contributed by atoms with Crippen molar-refractivity contribution in [2.75, 3.05) is 19.6 Å². The van der Waals surface area contributed by atoms with Crippen LogP contribution in [0.25, 0.3) is 0 Å². The minimum Gasteiger partial charge on any atom is -0.479 e. The fourth-order valence-corrected chi connectivity index (χ4v) is 2.00. The Morgan fingerprint density at radius 2 is 2.20 bits per heavy atom. The van der Waals surface area contributed by atoms with Crippen molar-refractivity contribution in [3.05, 3.63) is 11.9 Å². The van der Waals surface area contributed by atoms with Crippen molar-refractivity contribution in [1.82, 2.24) is 25.6 Å². The van der Waals surface area contributed by atoms with Gasteiger partial charge in [0.25, 0.3) is 5.91 Å². The van der Waals surface area contributed by atoms with Gasteiger partial charge in [0.15, 0.2) is 11.8 Å². The maximum atomic E-state index is 11.7. The van der Waals surface area contributed by atoms with E-state index in [4.69, 9.17) is 10.2 Å². The Bertz CT molecular complexity index is 483. The smallest absolute Gasteiger partial charge is 0.334 e. The summed E-state index contributed by atoms with van der Waals surface area (Å²) in [5.41, 5.74) is 0.112. The number of carboxylic acids is 1. The van der Waals surface area contributed by atoms with E-state index in [9.17, 15) is 9.59 Å². The molecule has 0 radical (unpaired) electrons. The van der Waals surface area contributed by atoms with Crippen molar-refractivity contribution < 1.29 is 19.8 Å². The largest absolute Gasteiger partial charge is 0.479 e. The van der Waals surface area contributed by atoms with Gasteiger partial charge in [-0.1, -0.05) is 5.21 Å². The summed E-state index contributed by atoms with van der Waals surface area (Å²) in [6.45, 7) is 1.43. The van der Waals surface area contributed by atoms with Gasteiger partial charge >= 0.3 is 5.97 Å². The van der Waals surface area contributed by atoms with Crippen LogP contribution < -0.4 is 10.6 Å². The van der Waals surface area contributed by atoms with E-state index in [0.717, 1.165) is 25.9 Å². The second-order valence-electron chi connectivity index (χ2n) is 4.63. The van der Waals surface area contributed by atoms with Crippen LogP contribution in [0.1, 0.15) is 29.4 Å². The molecule has 110 valence electrons. The van der Waals surface area contributed by atoms with E-state index >= 15 is 0 Å². The molecule has 9 nitrogen and oxygen atoms in total. The third kappa shape index (κ3) is 3.52. The lowest BCUT2D eigenvalue weighted by Crippen LogP contribution is -2.36. The van der Waals surface area contributed by atoms with Gasteiger partial charge in [0.05, 0.1) is 18.8 Å². The Morgan fingerprint density at radius 3 is 2.85 bits per heavy atom. The van der Waals surface area contributed by atoms with Crippen LogP contribution in [0.4, 0.5) is 0 Å². The number of nitrogens with one attached hydrogen (secondary N) is 2. The van der Waals surface area contributed by atoms with Crippen LogP contribution in [-0.2, 0) is 4.79 Å². The van der Waals surface area contributed by atoms with E-state index in [1.54, 1.807) is 10.9 Å². The third-order valence-corrected chi connectivity index (χ3v) is 3.17. The molecule has 4 N–H and O–H groups in total. The molecule has 1 aromatic heterocycles. The number of rotatable bonds is 5. The SMILES string of the molecule is O=C(NC[C@H](O)C(=O)O)c1cn(C2CCNCC2)nn1.